The minimum Gasteiger partial charge on any atom is -0.444 e. The van der Waals surface area contributed by atoms with E-state index in [1.54, 1.807) is 12.1 Å². The fourth-order valence-electron chi connectivity index (χ4n) is 8.58. The van der Waals surface area contributed by atoms with E-state index in [2.05, 4.69) is 15.1 Å². The summed E-state index contributed by atoms with van der Waals surface area (Å²) >= 11 is 0. The van der Waals surface area contributed by atoms with Crippen LogP contribution in [0.25, 0.3) is 0 Å². The molecule has 6 aliphatic rings. The number of ether oxygens (including phenoxy) is 4. The highest BCUT2D eigenvalue weighted by Crippen LogP contribution is 2.33. The first-order valence-corrected chi connectivity index (χ1v) is 21.1. The van der Waals surface area contributed by atoms with E-state index in [0.717, 1.165) is 95.5 Å². The minimum absolute atomic E-state index is 0.104. The SMILES string of the molecule is CC(C)(C)OC(=O)N1CC2CN(Cc3ccc(N4CCOCC4)cc3F)CC2C1.CC(C)(C)OC(=O)N1CC2CNCC2C1.O=Cc1ccc(N2CCOCC2)cc1F. The number of rotatable bonds is 5. The highest BCUT2D eigenvalue weighted by atomic mass is 19.1. The molecule has 0 bridgehead atoms. The first kappa shape index (κ1) is 44.5. The van der Waals surface area contributed by atoms with E-state index >= 15 is 0 Å². The summed E-state index contributed by atoms with van der Waals surface area (Å²) in [5, 5.41) is 3.35. The molecule has 326 valence electrons. The van der Waals surface area contributed by atoms with Crippen molar-refractivity contribution in [3.63, 3.8) is 0 Å². The molecule has 1 N–H and O–H groups in total. The molecule has 59 heavy (non-hydrogen) atoms. The Hall–Kier alpha value is -4.05. The van der Waals surface area contributed by atoms with Gasteiger partial charge in [0.1, 0.15) is 22.8 Å². The normalized spacial score (nSPS) is 24.4. The predicted molar refractivity (Wildman–Crippen MR) is 222 cm³/mol. The van der Waals surface area contributed by atoms with Gasteiger partial charge >= 0.3 is 12.2 Å². The number of anilines is 2. The molecule has 8 rings (SSSR count). The number of fused-ring (bicyclic) bond motifs is 2. The quantitative estimate of drug-likeness (QED) is 0.385. The molecular formula is C44H64F2N6O7. The largest absolute Gasteiger partial charge is 0.444 e. The van der Waals surface area contributed by atoms with Crippen molar-refractivity contribution >= 4 is 29.8 Å². The van der Waals surface area contributed by atoms with Crippen LogP contribution < -0.4 is 15.1 Å². The monoisotopic (exact) mass is 826 g/mol. The van der Waals surface area contributed by atoms with Gasteiger partial charge in [-0.3, -0.25) is 9.69 Å². The van der Waals surface area contributed by atoms with E-state index in [1.807, 2.05) is 68.4 Å². The molecule has 0 saturated carbocycles. The molecule has 4 atom stereocenters. The summed E-state index contributed by atoms with van der Waals surface area (Å²) in [6, 6.07) is 10.3. The lowest BCUT2D eigenvalue weighted by atomic mass is 10.0. The number of morpholine rings is 2. The Kier molecular flexibility index (Phi) is 14.7. The second kappa shape index (κ2) is 19.6. The predicted octanol–water partition coefficient (Wildman–Crippen LogP) is 5.51. The van der Waals surface area contributed by atoms with Gasteiger partial charge in [-0.2, -0.15) is 0 Å². The van der Waals surface area contributed by atoms with Gasteiger partial charge in [0.2, 0.25) is 0 Å². The molecule has 0 spiro atoms. The van der Waals surface area contributed by atoms with E-state index in [-0.39, 0.29) is 29.2 Å². The number of hydrogen-bond acceptors (Lipinski definition) is 11. The highest BCUT2D eigenvalue weighted by Gasteiger charge is 2.43. The standard InChI is InChI=1S/C22H32FN3O3.C11H12FNO2.C11H20N2O2/c1-22(2,3)29-21(27)26-14-17-12-24(13-18(17)15-26)11-16-4-5-19(10-20(16)23)25-6-8-28-9-7-25;12-11-7-10(2-1-9(11)8-14)13-3-5-15-6-4-13;1-11(2,3)15-10(14)13-6-8-4-12-5-9(8)7-13/h4-5,10,17-18H,6-9,11-15H2,1-3H3;1-2,7-8H,3-6H2;8-9,12H,4-7H2,1-3H3. The third kappa shape index (κ3) is 12.5. The van der Waals surface area contributed by atoms with Gasteiger partial charge in [0.25, 0.3) is 0 Å². The molecule has 6 saturated heterocycles. The van der Waals surface area contributed by atoms with Gasteiger partial charge in [0.05, 0.1) is 32.0 Å². The third-order valence-corrected chi connectivity index (χ3v) is 11.5. The number of carbonyl (C=O) groups is 3. The minimum atomic E-state index is -0.467. The molecule has 13 nitrogen and oxygen atoms in total. The summed E-state index contributed by atoms with van der Waals surface area (Å²) in [7, 11) is 0. The van der Waals surface area contributed by atoms with Gasteiger partial charge in [-0.25, -0.2) is 18.4 Å². The number of aldehydes is 1. The second-order valence-corrected chi connectivity index (χ2v) is 18.5. The van der Waals surface area contributed by atoms with Crippen LogP contribution in [0.15, 0.2) is 36.4 Å². The van der Waals surface area contributed by atoms with Crippen molar-refractivity contribution in [2.45, 2.75) is 59.3 Å². The van der Waals surface area contributed by atoms with Crippen LogP contribution in [0.4, 0.5) is 29.7 Å². The zero-order valence-corrected chi connectivity index (χ0v) is 35.7. The van der Waals surface area contributed by atoms with E-state index in [4.69, 9.17) is 18.9 Å². The molecule has 2 aromatic rings. The number of nitrogens with zero attached hydrogens (tertiary/aromatic N) is 5. The van der Waals surface area contributed by atoms with Crippen LogP contribution in [0.2, 0.25) is 0 Å². The second-order valence-electron chi connectivity index (χ2n) is 18.5. The molecule has 6 fully saturated rings. The molecule has 6 aliphatic heterocycles. The lowest BCUT2D eigenvalue weighted by Gasteiger charge is -2.29. The van der Waals surface area contributed by atoms with Gasteiger partial charge in [-0.05, 0) is 95.5 Å². The summed E-state index contributed by atoms with van der Waals surface area (Å²) < 4.78 is 49.5. The molecule has 6 heterocycles. The summed E-state index contributed by atoms with van der Waals surface area (Å²) in [6.45, 7) is 24.9. The number of benzene rings is 2. The average Bonchev–Trinajstić information content (AvgIpc) is 3.98. The van der Waals surface area contributed by atoms with Gasteiger partial charge < -0.3 is 43.9 Å². The Bertz CT molecular complexity index is 1720. The Morgan fingerprint density at radius 3 is 1.54 bits per heavy atom. The van der Waals surface area contributed by atoms with Gasteiger partial charge in [0.15, 0.2) is 6.29 Å². The van der Waals surface area contributed by atoms with Crippen molar-refractivity contribution in [1.82, 2.24) is 20.0 Å². The van der Waals surface area contributed by atoms with Crippen LogP contribution in [0, 0.1) is 35.3 Å². The fourth-order valence-corrected chi connectivity index (χ4v) is 8.58. The summed E-state index contributed by atoms with van der Waals surface area (Å²) in [4.78, 5) is 44.7. The fraction of sp³-hybridized carbons (Fsp3) is 0.659. The molecule has 0 aromatic heterocycles. The first-order valence-electron chi connectivity index (χ1n) is 21.1. The first-order chi connectivity index (χ1) is 28.0. The van der Waals surface area contributed by atoms with Gasteiger partial charge in [-0.15, -0.1) is 0 Å². The molecule has 15 heteroatoms. The van der Waals surface area contributed by atoms with Crippen LogP contribution in [0.1, 0.15) is 57.5 Å². The van der Waals surface area contributed by atoms with Crippen LogP contribution in [0.3, 0.4) is 0 Å². The number of amides is 2. The molecule has 2 amide bonds. The topological polar surface area (TPSA) is 116 Å². The Labute approximate surface area is 348 Å². The maximum absolute atomic E-state index is 14.7. The number of likely N-dealkylation sites (tertiary alicyclic amines) is 3. The third-order valence-electron chi connectivity index (χ3n) is 11.5. The summed E-state index contributed by atoms with van der Waals surface area (Å²) in [5.74, 6) is 1.56. The molecule has 4 unspecified atom stereocenters. The molecular weight excluding hydrogens is 763 g/mol. The van der Waals surface area contributed by atoms with Gasteiger partial charge in [-0.1, -0.05) is 6.07 Å². The lowest BCUT2D eigenvalue weighted by molar-refractivity contribution is 0.0267. The summed E-state index contributed by atoms with van der Waals surface area (Å²) in [6.07, 6.45) is 0.151. The summed E-state index contributed by atoms with van der Waals surface area (Å²) in [5.41, 5.74) is 1.74. The Morgan fingerprint density at radius 1 is 0.678 bits per heavy atom. The van der Waals surface area contributed by atoms with E-state index < -0.39 is 11.4 Å². The van der Waals surface area contributed by atoms with Crippen molar-refractivity contribution in [1.29, 1.82) is 0 Å². The van der Waals surface area contributed by atoms with Crippen LogP contribution in [0.5, 0.6) is 0 Å². The molecule has 2 aromatic carbocycles. The lowest BCUT2D eigenvalue weighted by Crippen LogP contribution is -2.37. The van der Waals surface area contributed by atoms with Crippen LogP contribution in [-0.4, -0.2) is 149 Å². The Morgan fingerprint density at radius 2 is 1.12 bits per heavy atom. The van der Waals surface area contributed by atoms with Crippen LogP contribution >= 0.6 is 0 Å². The van der Waals surface area contributed by atoms with Crippen molar-refractivity contribution < 1.29 is 42.1 Å². The molecule has 0 aliphatic carbocycles. The number of nitrogens with one attached hydrogen (secondary N) is 1. The van der Waals surface area contributed by atoms with E-state index in [1.165, 1.54) is 12.1 Å². The van der Waals surface area contributed by atoms with E-state index in [0.29, 0.717) is 62.9 Å². The maximum atomic E-state index is 14.7. The Balaban J connectivity index is 0.000000164. The number of carbonyl (C=O) groups excluding carboxylic acids is 3. The van der Waals surface area contributed by atoms with Crippen molar-refractivity contribution in [3.8, 4) is 0 Å². The number of halogens is 2. The zero-order valence-electron chi connectivity index (χ0n) is 35.7. The van der Waals surface area contributed by atoms with Crippen molar-refractivity contribution in [3.05, 3.63) is 59.2 Å². The maximum Gasteiger partial charge on any atom is 0.410 e. The highest BCUT2D eigenvalue weighted by molar-refractivity contribution is 5.76. The zero-order chi connectivity index (χ0) is 42.3. The van der Waals surface area contributed by atoms with Crippen molar-refractivity contribution in [2.75, 3.05) is 115 Å². The smallest absolute Gasteiger partial charge is 0.410 e. The van der Waals surface area contributed by atoms with Crippen LogP contribution in [-0.2, 0) is 25.5 Å². The van der Waals surface area contributed by atoms with Crippen molar-refractivity contribution in [2.24, 2.45) is 23.7 Å². The number of hydrogen-bond donors (Lipinski definition) is 1. The molecule has 0 radical (unpaired) electrons. The van der Waals surface area contributed by atoms with Gasteiger partial charge in [0, 0.05) is 102 Å². The van der Waals surface area contributed by atoms with E-state index in [9.17, 15) is 23.2 Å². The average molecular weight is 827 g/mol.